The molecule has 4 amide bonds. The normalized spacial score (nSPS) is 19.4. The van der Waals surface area contributed by atoms with Gasteiger partial charge in [0.25, 0.3) is 5.91 Å². The Bertz CT molecular complexity index is 1360. The smallest absolute Gasteiger partial charge is 0.319 e. The first kappa shape index (κ1) is 23.8. The fraction of sp³-hybridized carbons (Fsp3) is 0.357. The molecule has 3 aromatic rings. The average Bonchev–Trinajstić information content (AvgIpc) is 3.53. The van der Waals surface area contributed by atoms with Crippen molar-refractivity contribution in [3.63, 3.8) is 0 Å². The molecule has 0 saturated carbocycles. The number of aryl methyl sites for hydroxylation is 2. The number of fused-ring (bicyclic) bond motifs is 1. The highest BCUT2D eigenvalue weighted by molar-refractivity contribution is 6.10. The lowest BCUT2D eigenvalue weighted by Gasteiger charge is -2.23. The van der Waals surface area contributed by atoms with Crippen molar-refractivity contribution in [2.45, 2.75) is 57.9 Å². The van der Waals surface area contributed by atoms with Crippen LogP contribution in [-0.4, -0.2) is 39.1 Å². The lowest BCUT2D eigenvalue weighted by Crippen LogP contribution is -2.42. The number of imide groups is 1. The van der Waals surface area contributed by atoms with Gasteiger partial charge >= 0.3 is 6.03 Å². The third-order valence-electron chi connectivity index (χ3n) is 7.00. The molecule has 5 rings (SSSR count). The zero-order valence-electron chi connectivity index (χ0n) is 21.1. The van der Waals surface area contributed by atoms with Gasteiger partial charge in [0.2, 0.25) is 5.91 Å². The number of hydrogen-bond acceptors (Lipinski definition) is 4. The van der Waals surface area contributed by atoms with Crippen LogP contribution < -0.4 is 10.6 Å². The molecule has 1 saturated heterocycles. The molecule has 2 aliphatic rings. The molecule has 1 aliphatic heterocycles. The van der Waals surface area contributed by atoms with E-state index in [0.29, 0.717) is 5.82 Å². The van der Waals surface area contributed by atoms with Gasteiger partial charge in [0, 0.05) is 11.5 Å². The van der Waals surface area contributed by atoms with E-state index in [-0.39, 0.29) is 5.41 Å². The molecule has 1 fully saturated rings. The summed E-state index contributed by atoms with van der Waals surface area (Å²) in [6.45, 7) is 7.44. The molecule has 0 unspecified atom stereocenters. The Kier molecular flexibility index (Phi) is 5.70. The highest BCUT2D eigenvalue weighted by atomic mass is 16.2. The highest BCUT2D eigenvalue weighted by Crippen LogP contribution is 2.33. The van der Waals surface area contributed by atoms with E-state index in [1.165, 1.54) is 11.1 Å². The van der Waals surface area contributed by atoms with Crippen molar-refractivity contribution in [2.75, 3.05) is 11.9 Å². The van der Waals surface area contributed by atoms with Crippen molar-refractivity contribution in [1.29, 1.82) is 0 Å². The minimum Gasteiger partial charge on any atom is -0.319 e. The standard InChI is InChI=1S/C28H31N5O3/c1-27(2,3)22-16-23(33(31-22)21-11-6-5-7-12-21)29-24(34)17-32-25(35)28(4,30-26(32)36)20-14-13-18-9-8-10-19(18)15-20/h5-7,11-16H,8-10,17H2,1-4H3,(H,29,34)(H,30,36)/t28-/m1/s1. The first-order valence-electron chi connectivity index (χ1n) is 12.3. The van der Waals surface area contributed by atoms with Gasteiger partial charge in [-0.1, -0.05) is 57.2 Å². The molecule has 1 aliphatic carbocycles. The van der Waals surface area contributed by atoms with Crippen molar-refractivity contribution >= 4 is 23.7 Å². The van der Waals surface area contributed by atoms with Gasteiger partial charge in [-0.15, -0.1) is 0 Å². The summed E-state index contributed by atoms with van der Waals surface area (Å²) in [4.78, 5) is 40.3. The lowest BCUT2D eigenvalue weighted by atomic mass is 9.89. The largest absolute Gasteiger partial charge is 0.325 e. The maximum absolute atomic E-state index is 13.4. The molecule has 1 atom stereocenters. The number of nitrogens with one attached hydrogen (secondary N) is 2. The van der Waals surface area contributed by atoms with E-state index < -0.39 is 29.9 Å². The van der Waals surface area contributed by atoms with Crippen molar-refractivity contribution in [3.8, 4) is 5.69 Å². The molecule has 0 bridgehead atoms. The van der Waals surface area contributed by atoms with Gasteiger partial charge in [0.1, 0.15) is 17.9 Å². The van der Waals surface area contributed by atoms with Crippen LogP contribution in [0.3, 0.4) is 0 Å². The third-order valence-corrected chi connectivity index (χ3v) is 7.00. The van der Waals surface area contributed by atoms with Crippen LogP contribution in [0.2, 0.25) is 0 Å². The molecule has 0 spiro atoms. The van der Waals surface area contributed by atoms with E-state index in [0.717, 1.165) is 41.1 Å². The SMILES string of the molecule is CC(C)(C)c1cc(NC(=O)CN2C(=O)N[C@](C)(c3ccc4c(c3)CCC4)C2=O)n(-c2ccccc2)n1. The van der Waals surface area contributed by atoms with Crippen LogP contribution in [0, 0.1) is 0 Å². The van der Waals surface area contributed by atoms with E-state index >= 15 is 0 Å². The number of nitrogens with zero attached hydrogens (tertiary/aromatic N) is 3. The van der Waals surface area contributed by atoms with Crippen molar-refractivity contribution in [2.24, 2.45) is 0 Å². The lowest BCUT2D eigenvalue weighted by molar-refractivity contribution is -0.133. The Morgan fingerprint density at radius 2 is 1.78 bits per heavy atom. The van der Waals surface area contributed by atoms with Crippen LogP contribution in [-0.2, 0) is 33.4 Å². The van der Waals surface area contributed by atoms with Crippen LogP contribution in [0.1, 0.15) is 56.5 Å². The molecule has 2 N–H and O–H groups in total. The topological polar surface area (TPSA) is 96.3 Å². The van der Waals surface area contributed by atoms with Gasteiger partial charge in [-0.25, -0.2) is 9.48 Å². The first-order valence-corrected chi connectivity index (χ1v) is 12.3. The summed E-state index contributed by atoms with van der Waals surface area (Å²) < 4.78 is 1.67. The zero-order valence-corrected chi connectivity index (χ0v) is 21.1. The summed E-state index contributed by atoms with van der Waals surface area (Å²) in [5, 5.41) is 10.4. The maximum atomic E-state index is 13.4. The predicted molar refractivity (Wildman–Crippen MR) is 137 cm³/mol. The Morgan fingerprint density at radius 3 is 2.50 bits per heavy atom. The molecule has 1 aromatic heterocycles. The highest BCUT2D eigenvalue weighted by Gasteiger charge is 2.49. The Balaban J connectivity index is 1.37. The monoisotopic (exact) mass is 485 g/mol. The summed E-state index contributed by atoms with van der Waals surface area (Å²) in [5.74, 6) is -0.439. The van der Waals surface area contributed by atoms with Gasteiger partial charge in [-0.3, -0.25) is 14.5 Å². The van der Waals surface area contributed by atoms with E-state index in [9.17, 15) is 14.4 Å². The second kappa shape index (κ2) is 8.62. The van der Waals surface area contributed by atoms with E-state index in [1.54, 1.807) is 11.6 Å². The van der Waals surface area contributed by atoms with Crippen molar-refractivity contribution in [1.82, 2.24) is 20.0 Å². The Morgan fingerprint density at radius 1 is 1.06 bits per heavy atom. The molecular weight excluding hydrogens is 454 g/mol. The minimum atomic E-state index is -1.21. The summed E-state index contributed by atoms with van der Waals surface area (Å²) in [6, 6.07) is 16.7. The average molecular weight is 486 g/mol. The van der Waals surface area contributed by atoms with Gasteiger partial charge in [-0.2, -0.15) is 5.10 Å². The van der Waals surface area contributed by atoms with Gasteiger partial charge < -0.3 is 10.6 Å². The molecule has 8 heteroatoms. The number of carbonyl (C=O) groups excluding carboxylic acids is 3. The Labute approximate surface area is 210 Å². The number of amides is 4. The van der Waals surface area contributed by atoms with Crippen LogP contribution in [0.5, 0.6) is 0 Å². The number of urea groups is 1. The number of carbonyl (C=O) groups is 3. The molecule has 2 heterocycles. The summed E-state index contributed by atoms with van der Waals surface area (Å²) in [5.41, 5.74) is 3.41. The number of hydrogen-bond donors (Lipinski definition) is 2. The fourth-order valence-electron chi connectivity index (χ4n) is 4.85. The predicted octanol–water partition coefficient (Wildman–Crippen LogP) is 4.06. The number of anilines is 1. The van der Waals surface area contributed by atoms with Gasteiger partial charge in [0.15, 0.2) is 0 Å². The summed E-state index contributed by atoms with van der Waals surface area (Å²) >= 11 is 0. The molecule has 8 nitrogen and oxygen atoms in total. The zero-order chi connectivity index (χ0) is 25.7. The van der Waals surface area contributed by atoms with Crippen LogP contribution in [0.25, 0.3) is 5.69 Å². The number of benzene rings is 2. The quantitative estimate of drug-likeness (QED) is 0.533. The van der Waals surface area contributed by atoms with Crippen molar-refractivity contribution < 1.29 is 14.4 Å². The fourth-order valence-corrected chi connectivity index (χ4v) is 4.85. The van der Waals surface area contributed by atoms with Crippen LogP contribution >= 0.6 is 0 Å². The van der Waals surface area contributed by atoms with Gasteiger partial charge in [-0.05, 0) is 55.0 Å². The molecular formula is C28H31N5O3. The third kappa shape index (κ3) is 4.17. The molecule has 36 heavy (non-hydrogen) atoms. The number of para-hydroxylation sites is 1. The van der Waals surface area contributed by atoms with Crippen LogP contribution in [0.15, 0.2) is 54.6 Å². The van der Waals surface area contributed by atoms with E-state index in [2.05, 4.69) is 10.6 Å². The second-order valence-corrected chi connectivity index (χ2v) is 10.7. The molecule has 186 valence electrons. The summed E-state index contributed by atoms with van der Waals surface area (Å²) in [7, 11) is 0. The summed E-state index contributed by atoms with van der Waals surface area (Å²) in [6.07, 6.45) is 3.10. The van der Waals surface area contributed by atoms with E-state index in [1.807, 2.05) is 75.4 Å². The molecule has 0 radical (unpaired) electrons. The van der Waals surface area contributed by atoms with Crippen LogP contribution in [0.4, 0.5) is 10.6 Å². The Hall–Kier alpha value is -3.94. The minimum absolute atomic E-state index is 0.234. The van der Waals surface area contributed by atoms with Crippen molar-refractivity contribution in [3.05, 3.63) is 77.0 Å². The first-order chi connectivity index (χ1) is 17.1. The molecule has 2 aromatic carbocycles. The number of aromatic nitrogens is 2. The maximum Gasteiger partial charge on any atom is 0.325 e. The number of rotatable bonds is 5. The van der Waals surface area contributed by atoms with E-state index in [4.69, 9.17) is 5.10 Å². The second-order valence-electron chi connectivity index (χ2n) is 10.7. The van der Waals surface area contributed by atoms with Gasteiger partial charge in [0.05, 0.1) is 11.4 Å².